The van der Waals surface area contributed by atoms with Crippen LogP contribution in [0.15, 0.2) is 58.5 Å². The minimum Gasteiger partial charge on any atom is -0.543 e. The average molecular weight is 530 g/mol. The standard InChI is InChI=1S/C21H19N7O6S2/c22-16(29)10-3-1-5-27(7-10)6-2-4-11-8-35-19-14(18(31)28(19)15(11)20(32)33)25-17(30)13(26-34)12-9-36-21(23)24-12/h1-5,7,9,14,19H,6,8H2,(H6-,22,23,24,25,29,30,32,33,34)/b4-2+/t14-,19+/m1/s1. The summed E-state index contributed by atoms with van der Waals surface area (Å²) in [7, 11) is 0. The van der Waals surface area contributed by atoms with Crippen LogP contribution in [0.1, 0.15) is 16.1 Å². The third-order valence-electron chi connectivity index (χ3n) is 5.34. The van der Waals surface area contributed by atoms with Gasteiger partial charge in [-0.1, -0.05) is 11.2 Å². The van der Waals surface area contributed by atoms with Crippen LogP contribution in [-0.2, 0) is 20.9 Å². The molecule has 13 nitrogen and oxygen atoms in total. The minimum absolute atomic E-state index is 0.0411. The van der Waals surface area contributed by atoms with Gasteiger partial charge in [0.15, 0.2) is 29.8 Å². The molecule has 2 aliphatic heterocycles. The predicted octanol–water partition coefficient (Wildman–Crippen LogP) is -2.05. The molecule has 0 aromatic carbocycles. The van der Waals surface area contributed by atoms with Crippen LogP contribution in [-0.4, -0.2) is 61.7 Å². The number of rotatable bonds is 8. The summed E-state index contributed by atoms with van der Waals surface area (Å²) in [6.45, 7) is 0.316. The number of aliphatic carboxylic acids is 1. The largest absolute Gasteiger partial charge is 0.543 e. The second-order valence-corrected chi connectivity index (χ2v) is 9.59. The first kappa shape index (κ1) is 24.9. The van der Waals surface area contributed by atoms with Gasteiger partial charge >= 0.3 is 0 Å². The molecular formula is C21H19N7O6S2. The number of nitrogens with two attached hydrogens (primary N) is 2. The third-order valence-corrected chi connectivity index (χ3v) is 7.31. The molecule has 2 atom stereocenters. The lowest BCUT2D eigenvalue weighted by Gasteiger charge is -2.50. The Labute approximate surface area is 211 Å². The van der Waals surface area contributed by atoms with Crippen molar-refractivity contribution in [3.05, 3.63) is 64.6 Å². The van der Waals surface area contributed by atoms with E-state index in [0.717, 1.165) is 16.2 Å². The molecule has 4 rings (SSSR count). The number of allylic oxidation sites excluding steroid dienone is 2. The maximum absolute atomic E-state index is 12.8. The minimum atomic E-state index is -1.53. The van der Waals surface area contributed by atoms with Crippen molar-refractivity contribution in [1.82, 2.24) is 15.2 Å². The summed E-state index contributed by atoms with van der Waals surface area (Å²) in [6.07, 6.45) is 6.52. The van der Waals surface area contributed by atoms with E-state index in [1.165, 1.54) is 17.1 Å². The number of carboxylic acids is 1. The second kappa shape index (κ2) is 10.2. The number of fused-ring (bicyclic) bond motifs is 1. The first-order chi connectivity index (χ1) is 17.2. The summed E-state index contributed by atoms with van der Waals surface area (Å²) >= 11 is 2.30. The van der Waals surface area contributed by atoms with Crippen LogP contribution in [0.2, 0.25) is 0 Å². The number of thiazole rings is 1. The van der Waals surface area contributed by atoms with Crippen LogP contribution in [0.3, 0.4) is 0 Å². The number of pyridine rings is 1. The van der Waals surface area contributed by atoms with Gasteiger partial charge < -0.3 is 31.9 Å². The van der Waals surface area contributed by atoms with Crippen molar-refractivity contribution in [2.45, 2.75) is 18.0 Å². The number of primary amides is 1. The van der Waals surface area contributed by atoms with Gasteiger partial charge in [-0.25, -0.2) is 9.55 Å². The molecule has 2 aromatic rings. The van der Waals surface area contributed by atoms with E-state index in [1.54, 1.807) is 41.2 Å². The Morgan fingerprint density at radius 2 is 2.19 bits per heavy atom. The predicted molar refractivity (Wildman–Crippen MR) is 126 cm³/mol. The zero-order valence-corrected chi connectivity index (χ0v) is 20.0. The number of β-lactam (4-membered cyclic amide) rings is 1. The molecule has 2 aliphatic rings. The molecule has 4 heterocycles. The summed E-state index contributed by atoms with van der Waals surface area (Å²) in [6, 6.07) is 2.19. The smallest absolute Gasteiger partial charge is 0.276 e. The molecule has 0 bridgehead atoms. The lowest BCUT2D eigenvalue weighted by Crippen LogP contribution is -2.71. The van der Waals surface area contributed by atoms with Crippen LogP contribution in [0, 0.1) is 0 Å². The molecule has 186 valence electrons. The molecule has 3 amide bonds. The van der Waals surface area contributed by atoms with Gasteiger partial charge in [0.05, 0.1) is 11.7 Å². The molecule has 1 fully saturated rings. The van der Waals surface area contributed by atoms with Crippen molar-refractivity contribution in [3.8, 4) is 0 Å². The number of nitrogens with zero attached hydrogens (tertiary/aromatic N) is 4. The van der Waals surface area contributed by atoms with Crippen molar-refractivity contribution in [2.24, 2.45) is 10.9 Å². The second-order valence-electron chi connectivity index (χ2n) is 7.60. The molecule has 15 heteroatoms. The van der Waals surface area contributed by atoms with Crippen LogP contribution >= 0.6 is 23.1 Å². The number of aromatic nitrogens is 2. The van der Waals surface area contributed by atoms with Gasteiger partial charge in [-0.15, -0.1) is 23.1 Å². The van der Waals surface area contributed by atoms with Crippen LogP contribution in [0.25, 0.3) is 0 Å². The first-order valence-corrected chi connectivity index (χ1v) is 12.2. The highest BCUT2D eigenvalue weighted by Crippen LogP contribution is 2.40. The number of carboxylic acid groups (broad SMARTS) is 1. The van der Waals surface area contributed by atoms with E-state index < -0.39 is 40.8 Å². The van der Waals surface area contributed by atoms with Crippen LogP contribution < -0.4 is 26.5 Å². The maximum atomic E-state index is 12.8. The number of amides is 3. The van der Waals surface area contributed by atoms with Crippen molar-refractivity contribution in [3.63, 3.8) is 0 Å². The number of nitrogen functional groups attached to an aromatic ring is 1. The number of carbonyl (C=O) groups is 4. The molecule has 0 saturated carbocycles. The maximum Gasteiger partial charge on any atom is 0.276 e. The van der Waals surface area contributed by atoms with Gasteiger partial charge in [0.1, 0.15) is 22.7 Å². The highest BCUT2D eigenvalue weighted by Gasteiger charge is 2.53. The Morgan fingerprint density at radius 3 is 2.83 bits per heavy atom. The molecule has 0 aliphatic carbocycles. The van der Waals surface area contributed by atoms with E-state index in [9.17, 15) is 29.5 Å². The Hall–Kier alpha value is -4.24. The number of nitrogens with one attached hydrogen (secondary N) is 1. The molecule has 2 aromatic heterocycles. The molecule has 1 saturated heterocycles. The van der Waals surface area contributed by atoms with Gasteiger partial charge in [0.25, 0.3) is 17.7 Å². The molecule has 0 radical (unpaired) electrons. The zero-order valence-electron chi connectivity index (χ0n) is 18.4. The van der Waals surface area contributed by atoms with Gasteiger partial charge in [-0.05, 0) is 17.7 Å². The lowest BCUT2D eigenvalue weighted by molar-refractivity contribution is -0.687. The van der Waals surface area contributed by atoms with Gasteiger partial charge in [-0.3, -0.25) is 19.3 Å². The highest BCUT2D eigenvalue weighted by molar-refractivity contribution is 8.00. The van der Waals surface area contributed by atoms with Gasteiger partial charge in [0.2, 0.25) is 0 Å². The van der Waals surface area contributed by atoms with Crippen LogP contribution in [0.5, 0.6) is 0 Å². The Bertz CT molecular complexity index is 1350. The van der Waals surface area contributed by atoms with Gasteiger partial charge in [0, 0.05) is 17.2 Å². The van der Waals surface area contributed by atoms with E-state index in [0.29, 0.717) is 17.7 Å². The summed E-state index contributed by atoms with van der Waals surface area (Å²) < 4.78 is 1.69. The quantitative estimate of drug-likeness (QED) is 0.0974. The summed E-state index contributed by atoms with van der Waals surface area (Å²) in [4.78, 5) is 53.6. The molecule has 0 unspecified atom stereocenters. The van der Waals surface area contributed by atoms with E-state index in [1.807, 2.05) is 0 Å². The van der Waals surface area contributed by atoms with Crippen molar-refractivity contribution < 1.29 is 34.1 Å². The fourth-order valence-electron chi connectivity index (χ4n) is 3.68. The number of hydrogen-bond acceptors (Lipinski definition) is 11. The Balaban J connectivity index is 1.48. The normalized spacial score (nSPS) is 19.7. The van der Waals surface area contributed by atoms with Crippen molar-refractivity contribution >= 4 is 57.6 Å². The molecular weight excluding hydrogens is 510 g/mol. The van der Waals surface area contributed by atoms with E-state index in [-0.39, 0.29) is 22.3 Å². The summed E-state index contributed by atoms with van der Waals surface area (Å²) in [5.41, 5.74) is 10.8. The number of oxime groups is 1. The van der Waals surface area contributed by atoms with E-state index in [2.05, 4.69) is 15.5 Å². The fraction of sp³-hybridized carbons (Fsp3) is 0.190. The SMILES string of the molecule is NC(=O)c1ccc[n+](C/C=C/C2=C(C(=O)[O-])N3C(=O)[C@@H](NC(=O)C(=NO)c4csc(N)n4)[C@@H]3SC2)c1. The number of anilines is 1. The number of carbonyl (C=O) groups excluding carboxylic acids is 4. The number of thioether (sulfide) groups is 1. The zero-order chi connectivity index (χ0) is 26.0. The monoisotopic (exact) mass is 529 g/mol. The van der Waals surface area contributed by atoms with Crippen LogP contribution in [0.4, 0.5) is 5.13 Å². The highest BCUT2D eigenvalue weighted by atomic mass is 32.2. The molecule has 36 heavy (non-hydrogen) atoms. The third kappa shape index (κ3) is 4.78. The first-order valence-electron chi connectivity index (χ1n) is 10.3. The van der Waals surface area contributed by atoms with Gasteiger partial charge in [-0.2, -0.15) is 0 Å². The fourth-order valence-corrected chi connectivity index (χ4v) is 5.54. The van der Waals surface area contributed by atoms with Crippen molar-refractivity contribution in [2.75, 3.05) is 11.5 Å². The summed E-state index contributed by atoms with van der Waals surface area (Å²) in [5, 5.41) is 27.5. The molecule has 6 N–H and O–H groups in total. The number of hydrogen-bond donors (Lipinski definition) is 4. The average Bonchev–Trinajstić information content (AvgIpc) is 3.28. The Morgan fingerprint density at radius 1 is 1.42 bits per heavy atom. The summed E-state index contributed by atoms with van der Waals surface area (Å²) in [5.74, 6) is -3.38. The van der Waals surface area contributed by atoms with Crippen molar-refractivity contribution in [1.29, 1.82) is 0 Å². The van der Waals surface area contributed by atoms with E-state index in [4.69, 9.17) is 11.5 Å². The Kier molecular flexibility index (Phi) is 7.03. The topological polar surface area (TPSA) is 208 Å². The molecule has 0 spiro atoms. The van der Waals surface area contributed by atoms with E-state index >= 15 is 0 Å². The lowest BCUT2D eigenvalue weighted by atomic mass is 10.0.